The fourth-order valence-electron chi connectivity index (χ4n) is 1.61. The van der Waals surface area contributed by atoms with Crippen molar-refractivity contribution in [3.63, 3.8) is 0 Å². The van der Waals surface area contributed by atoms with Crippen LogP contribution >= 0.6 is 11.6 Å². The highest BCUT2D eigenvalue weighted by Gasteiger charge is 2.30. The third-order valence-corrected chi connectivity index (χ3v) is 3.10. The summed E-state index contributed by atoms with van der Waals surface area (Å²) in [6.45, 7) is 5.00. The Morgan fingerprint density at radius 3 is 2.19 bits per heavy atom. The SMILES string of the molecule is Cc1cc(CC(C)(O)C(=O)O)cc(C)c1Cl. The molecule has 0 aliphatic rings. The maximum Gasteiger partial charge on any atom is 0.335 e. The fourth-order valence-corrected chi connectivity index (χ4v) is 1.72. The lowest BCUT2D eigenvalue weighted by molar-refractivity contribution is -0.156. The van der Waals surface area contributed by atoms with Crippen LogP contribution < -0.4 is 0 Å². The van der Waals surface area contributed by atoms with Gasteiger partial charge in [-0.1, -0.05) is 23.7 Å². The van der Waals surface area contributed by atoms with Crippen LogP contribution in [0.5, 0.6) is 0 Å². The second-order valence-electron chi connectivity index (χ2n) is 4.30. The Morgan fingerprint density at radius 2 is 1.81 bits per heavy atom. The molecular weight excluding hydrogens is 228 g/mol. The van der Waals surface area contributed by atoms with E-state index >= 15 is 0 Å². The monoisotopic (exact) mass is 242 g/mol. The van der Waals surface area contributed by atoms with E-state index in [-0.39, 0.29) is 6.42 Å². The zero-order chi connectivity index (χ0) is 12.5. The molecule has 2 N–H and O–H groups in total. The number of benzene rings is 1. The molecule has 3 nitrogen and oxygen atoms in total. The van der Waals surface area contributed by atoms with Crippen LogP contribution in [-0.2, 0) is 11.2 Å². The van der Waals surface area contributed by atoms with Gasteiger partial charge in [0.15, 0.2) is 5.60 Å². The van der Waals surface area contributed by atoms with Gasteiger partial charge in [-0.05, 0) is 37.5 Å². The lowest BCUT2D eigenvalue weighted by Crippen LogP contribution is -2.37. The minimum Gasteiger partial charge on any atom is -0.479 e. The van der Waals surface area contributed by atoms with Crippen LogP contribution in [0.25, 0.3) is 0 Å². The lowest BCUT2D eigenvalue weighted by Gasteiger charge is -2.18. The second kappa shape index (κ2) is 4.44. The van der Waals surface area contributed by atoms with Crippen LogP contribution in [0.1, 0.15) is 23.6 Å². The number of hydrogen-bond donors (Lipinski definition) is 2. The van der Waals surface area contributed by atoms with Crippen LogP contribution in [0.15, 0.2) is 12.1 Å². The molecule has 1 aromatic carbocycles. The number of aliphatic hydroxyl groups is 1. The maximum atomic E-state index is 10.8. The first-order valence-electron chi connectivity index (χ1n) is 4.95. The van der Waals surface area contributed by atoms with Gasteiger partial charge in [-0.2, -0.15) is 0 Å². The van der Waals surface area contributed by atoms with Gasteiger partial charge < -0.3 is 10.2 Å². The van der Waals surface area contributed by atoms with E-state index < -0.39 is 11.6 Å². The van der Waals surface area contributed by atoms with Gasteiger partial charge in [0.2, 0.25) is 0 Å². The minimum atomic E-state index is -1.74. The molecule has 1 aromatic rings. The van der Waals surface area contributed by atoms with Crippen LogP contribution in [0, 0.1) is 13.8 Å². The van der Waals surface area contributed by atoms with Crippen molar-refractivity contribution in [3.05, 3.63) is 33.8 Å². The molecule has 0 aromatic heterocycles. The summed E-state index contributed by atoms with van der Waals surface area (Å²) in [6, 6.07) is 3.60. The molecule has 0 saturated carbocycles. The van der Waals surface area contributed by atoms with Crippen molar-refractivity contribution in [1.82, 2.24) is 0 Å². The van der Waals surface area contributed by atoms with Crippen LogP contribution in [0.2, 0.25) is 5.02 Å². The molecule has 0 amide bonds. The Kier molecular flexibility index (Phi) is 3.61. The molecule has 4 heteroatoms. The summed E-state index contributed by atoms with van der Waals surface area (Å²) in [6.07, 6.45) is 0.0706. The number of halogens is 1. The average molecular weight is 243 g/mol. The van der Waals surface area contributed by atoms with E-state index in [1.807, 2.05) is 13.8 Å². The molecule has 0 fully saturated rings. The smallest absolute Gasteiger partial charge is 0.335 e. The van der Waals surface area contributed by atoms with Crippen molar-refractivity contribution in [1.29, 1.82) is 0 Å². The van der Waals surface area contributed by atoms with Crippen LogP contribution in [0.3, 0.4) is 0 Å². The van der Waals surface area contributed by atoms with Gasteiger partial charge in [-0.15, -0.1) is 0 Å². The van der Waals surface area contributed by atoms with Gasteiger partial charge in [-0.3, -0.25) is 0 Å². The van der Waals surface area contributed by atoms with Gasteiger partial charge in [0.1, 0.15) is 0 Å². The van der Waals surface area contributed by atoms with Gasteiger partial charge in [0.05, 0.1) is 0 Å². The van der Waals surface area contributed by atoms with Crippen molar-refractivity contribution >= 4 is 17.6 Å². The average Bonchev–Trinajstić information content (AvgIpc) is 2.13. The molecule has 0 bridgehead atoms. The van der Waals surface area contributed by atoms with E-state index in [9.17, 15) is 9.90 Å². The van der Waals surface area contributed by atoms with Gasteiger partial charge in [0, 0.05) is 11.4 Å². The second-order valence-corrected chi connectivity index (χ2v) is 4.68. The highest BCUT2D eigenvalue weighted by atomic mass is 35.5. The van der Waals surface area contributed by atoms with E-state index in [1.165, 1.54) is 6.92 Å². The highest BCUT2D eigenvalue weighted by Crippen LogP contribution is 2.24. The third kappa shape index (κ3) is 2.74. The summed E-state index contributed by atoms with van der Waals surface area (Å²) < 4.78 is 0. The van der Waals surface area contributed by atoms with E-state index in [0.717, 1.165) is 16.7 Å². The maximum absolute atomic E-state index is 10.8. The number of aryl methyl sites for hydroxylation is 2. The quantitative estimate of drug-likeness (QED) is 0.855. The van der Waals surface area contributed by atoms with Crippen molar-refractivity contribution in [2.75, 3.05) is 0 Å². The third-order valence-electron chi connectivity index (χ3n) is 2.51. The van der Waals surface area contributed by atoms with Crippen LogP contribution in [0.4, 0.5) is 0 Å². The van der Waals surface area contributed by atoms with Gasteiger partial charge in [0.25, 0.3) is 0 Å². The number of carboxylic acids is 1. The summed E-state index contributed by atoms with van der Waals surface area (Å²) in [5.74, 6) is -1.22. The summed E-state index contributed by atoms with van der Waals surface area (Å²) >= 11 is 6.00. The molecule has 16 heavy (non-hydrogen) atoms. The molecule has 1 rings (SSSR count). The Morgan fingerprint density at radius 1 is 1.38 bits per heavy atom. The standard InChI is InChI=1S/C12H15ClO3/c1-7-4-9(5-8(2)10(7)13)6-12(3,16)11(14)15/h4-5,16H,6H2,1-3H3,(H,14,15). The normalized spacial score (nSPS) is 14.6. The molecule has 0 aliphatic heterocycles. The number of rotatable bonds is 3. The first-order valence-corrected chi connectivity index (χ1v) is 5.33. The van der Waals surface area contributed by atoms with Gasteiger partial charge in [-0.25, -0.2) is 4.79 Å². The summed E-state index contributed by atoms with van der Waals surface area (Å²) in [7, 11) is 0. The number of aliphatic carboxylic acids is 1. The number of carboxylic acid groups (broad SMARTS) is 1. The van der Waals surface area contributed by atoms with Gasteiger partial charge >= 0.3 is 5.97 Å². The molecule has 0 saturated heterocycles. The highest BCUT2D eigenvalue weighted by molar-refractivity contribution is 6.32. The largest absolute Gasteiger partial charge is 0.479 e. The fraction of sp³-hybridized carbons (Fsp3) is 0.417. The van der Waals surface area contributed by atoms with Crippen molar-refractivity contribution in [2.24, 2.45) is 0 Å². The van der Waals surface area contributed by atoms with Crippen molar-refractivity contribution < 1.29 is 15.0 Å². The molecule has 0 spiro atoms. The summed E-state index contributed by atoms with van der Waals surface area (Å²) in [5, 5.41) is 19.2. The van der Waals surface area contributed by atoms with Crippen molar-refractivity contribution in [3.8, 4) is 0 Å². The predicted molar refractivity (Wildman–Crippen MR) is 62.9 cm³/mol. The predicted octanol–water partition coefficient (Wildman–Crippen LogP) is 2.33. The lowest BCUT2D eigenvalue weighted by atomic mass is 9.94. The Balaban J connectivity index is 3.04. The first-order chi connectivity index (χ1) is 7.24. The molecule has 0 heterocycles. The molecule has 1 unspecified atom stereocenters. The van der Waals surface area contributed by atoms with Crippen molar-refractivity contribution in [2.45, 2.75) is 32.8 Å². The van der Waals surface area contributed by atoms with E-state index in [1.54, 1.807) is 12.1 Å². The minimum absolute atomic E-state index is 0.0706. The van der Waals surface area contributed by atoms with E-state index in [0.29, 0.717) is 5.02 Å². The molecule has 1 atom stereocenters. The Bertz CT molecular complexity index is 401. The zero-order valence-electron chi connectivity index (χ0n) is 9.54. The van der Waals surface area contributed by atoms with E-state index in [4.69, 9.17) is 16.7 Å². The number of hydrogen-bond acceptors (Lipinski definition) is 2. The zero-order valence-corrected chi connectivity index (χ0v) is 10.3. The molecule has 0 aliphatic carbocycles. The molecular formula is C12H15ClO3. The van der Waals surface area contributed by atoms with E-state index in [2.05, 4.69) is 0 Å². The Labute approximate surface area is 99.7 Å². The van der Waals surface area contributed by atoms with Crippen LogP contribution in [-0.4, -0.2) is 21.8 Å². The first kappa shape index (κ1) is 13.0. The molecule has 0 radical (unpaired) electrons. The number of carbonyl (C=O) groups is 1. The summed E-state index contributed by atoms with van der Waals surface area (Å²) in [5.41, 5.74) is 0.801. The summed E-state index contributed by atoms with van der Waals surface area (Å²) in [4.78, 5) is 10.8. The topological polar surface area (TPSA) is 57.5 Å². The molecule has 88 valence electrons. The Hall–Kier alpha value is -1.06.